The van der Waals surface area contributed by atoms with Gasteiger partial charge in [0, 0.05) is 36.8 Å². The minimum Gasteiger partial charge on any atom is -0.353 e. The number of aromatic nitrogens is 1. The summed E-state index contributed by atoms with van der Waals surface area (Å²) in [6.45, 7) is 2.89. The van der Waals surface area contributed by atoms with E-state index < -0.39 is 0 Å². The number of amides is 1. The molecule has 0 spiro atoms. The summed E-state index contributed by atoms with van der Waals surface area (Å²) in [6.07, 6.45) is 1.79. The molecule has 114 valence electrons. The second-order valence-electron chi connectivity index (χ2n) is 5.09. The van der Waals surface area contributed by atoms with E-state index in [9.17, 15) is 4.79 Å². The lowest BCUT2D eigenvalue weighted by Crippen LogP contribution is -2.49. The number of halogens is 2. The predicted molar refractivity (Wildman–Crippen MR) is 91.5 cm³/mol. The van der Waals surface area contributed by atoms with Gasteiger partial charge in [-0.25, -0.2) is 4.98 Å². The van der Waals surface area contributed by atoms with Crippen molar-refractivity contribution in [3.63, 3.8) is 0 Å². The van der Waals surface area contributed by atoms with Gasteiger partial charge in [-0.1, -0.05) is 33.6 Å². The smallest absolute Gasteiger partial charge is 0.255 e. The molecule has 1 aliphatic heterocycles. The van der Waals surface area contributed by atoms with E-state index in [0.717, 1.165) is 23.4 Å². The Labute approximate surface area is 142 Å². The van der Waals surface area contributed by atoms with Gasteiger partial charge in [0.15, 0.2) is 0 Å². The lowest BCUT2D eigenvalue weighted by atomic mass is 10.2. The van der Waals surface area contributed by atoms with Gasteiger partial charge in [0.25, 0.3) is 5.91 Å². The minimum absolute atomic E-state index is 0.0156. The van der Waals surface area contributed by atoms with Crippen LogP contribution in [0, 0.1) is 0 Å². The molecule has 0 bridgehead atoms. The molecular weight excluding hydrogens is 366 g/mol. The van der Waals surface area contributed by atoms with Crippen molar-refractivity contribution in [1.82, 2.24) is 9.88 Å². The molecule has 22 heavy (non-hydrogen) atoms. The van der Waals surface area contributed by atoms with Crippen LogP contribution in [-0.4, -0.2) is 42.0 Å². The van der Waals surface area contributed by atoms with Crippen LogP contribution in [0.25, 0.3) is 0 Å². The van der Waals surface area contributed by atoms with E-state index in [0.29, 0.717) is 23.7 Å². The van der Waals surface area contributed by atoms with E-state index in [1.807, 2.05) is 29.2 Å². The first kappa shape index (κ1) is 15.3. The van der Waals surface area contributed by atoms with Gasteiger partial charge in [0.2, 0.25) is 0 Å². The number of pyridine rings is 1. The Morgan fingerprint density at radius 1 is 1.14 bits per heavy atom. The van der Waals surface area contributed by atoms with Crippen molar-refractivity contribution in [3.05, 3.63) is 57.7 Å². The Kier molecular flexibility index (Phi) is 4.64. The molecule has 0 aliphatic carbocycles. The summed E-state index contributed by atoms with van der Waals surface area (Å²) >= 11 is 9.52. The largest absolute Gasteiger partial charge is 0.353 e. The van der Waals surface area contributed by atoms with Crippen LogP contribution in [0.3, 0.4) is 0 Å². The minimum atomic E-state index is -0.0156. The van der Waals surface area contributed by atoms with Crippen molar-refractivity contribution in [2.24, 2.45) is 0 Å². The number of carbonyl (C=O) groups is 1. The van der Waals surface area contributed by atoms with E-state index in [4.69, 9.17) is 11.6 Å². The molecule has 0 unspecified atom stereocenters. The van der Waals surface area contributed by atoms with E-state index in [1.165, 1.54) is 0 Å². The number of benzene rings is 1. The van der Waals surface area contributed by atoms with Gasteiger partial charge in [-0.2, -0.15) is 0 Å². The first-order valence-corrected chi connectivity index (χ1v) is 8.22. The maximum atomic E-state index is 12.6. The first-order chi connectivity index (χ1) is 10.6. The van der Waals surface area contributed by atoms with Crippen molar-refractivity contribution < 1.29 is 4.79 Å². The van der Waals surface area contributed by atoms with Crippen molar-refractivity contribution in [2.75, 3.05) is 31.1 Å². The predicted octanol–water partition coefficient (Wildman–Crippen LogP) is 3.46. The molecule has 0 atom stereocenters. The van der Waals surface area contributed by atoms with Crippen molar-refractivity contribution in [1.29, 1.82) is 0 Å². The Balaban J connectivity index is 1.67. The van der Waals surface area contributed by atoms with E-state index in [1.54, 1.807) is 18.3 Å². The zero-order valence-corrected chi connectivity index (χ0v) is 14.2. The molecule has 1 amide bonds. The maximum Gasteiger partial charge on any atom is 0.255 e. The highest BCUT2D eigenvalue weighted by Crippen LogP contribution is 2.23. The third-order valence-corrected chi connectivity index (χ3v) is 4.51. The van der Waals surface area contributed by atoms with Crippen molar-refractivity contribution >= 4 is 39.3 Å². The highest BCUT2D eigenvalue weighted by atomic mass is 79.9. The molecular formula is C16H15BrClN3O. The van der Waals surface area contributed by atoms with E-state index in [-0.39, 0.29) is 5.91 Å². The highest BCUT2D eigenvalue weighted by molar-refractivity contribution is 9.10. The summed E-state index contributed by atoms with van der Waals surface area (Å²) in [5.74, 6) is 0.939. The Morgan fingerprint density at radius 3 is 2.55 bits per heavy atom. The second kappa shape index (κ2) is 6.67. The number of carbonyl (C=O) groups excluding carboxylic acids is 1. The third-order valence-electron chi connectivity index (χ3n) is 3.70. The van der Waals surface area contributed by atoms with Crippen LogP contribution in [0.1, 0.15) is 10.4 Å². The summed E-state index contributed by atoms with van der Waals surface area (Å²) in [5, 5.41) is 0.478. The van der Waals surface area contributed by atoms with Gasteiger partial charge >= 0.3 is 0 Å². The Bertz CT molecular complexity index is 672. The van der Waals surface area contributed by atoms with Crippen LogP contribution in [0.2, 0.25) is 5.02 Å². The summed E-state index contributed by atoms with van der Waals surface area (Å²) in [5.41, 5.74) is 0.552. The SMILES string of the molecule is O=C(c1ccc(Br)cc1Cl)N1CCN(c2ccccn2)CC1. The Morgan fingerprint density at radius 2 is 1.91 bits per heavy atom. The zero-order valence-electron chi connectivity index (χ0n) is 11.9. The van der Waals surface area contributed by atoms with E-state index in [2.05, 4.69) is 25.8 Å². The van der Waals surface area contributed by atoms with E-state index >= 15 is 0 Å². The molecule has 0 radical (unpaired) electrons. The van der Waals surface area contributed by atoms with Gasteiger partial charge in [-0.3, -0.25) is 4.79 Å². The molecule has 1 saturated heterocycles. The Hall–Kier alpha value is -1.59. The standard InChI is InChI=1S/C16H15BrClN3O/c17-12-4-5-13(14(18)11-12)16(22)21-9-7-20(8-10-21)15-3-1-2-6-19-15/h1-6,11H,7-10H2. The summed E-state index contributed by atoms with van der Waals surface area (Å²) in [6, 6.07) is 11.2. The summed E-state index contributed by atoms with van der Waals surface area (Å²) in [4.78, 5) is 20.9. The lowest BCUT2D eigenvalue weighted by Gasteiger charge is -2.35. The molecule has 1 aromatic heterocycles. The number of anilines is 1. The molecule has 3 rings (SSSR count). The van der Waals surface area contributed by atoms with Crippen LogP contribution < -0.4 is 4.90 Å². The fourth-order valence-corrected chi connectivity index (χ4v) is 3.27. The normalized spacial score (nSPS) is 15.0. The molecule has 2 aromatic rings. The topological polar surface area (TPSA) is 36.4 Å². The fourth-order valence-electron chi connectivity index (χ4n) is 2.51. The molecule has 2 heterocycles. The summed E-state index contributed by atoms with van der Waals surface area (Å²) in [7, 11) is 0. The third kappa shape index (κ3) is 3.25. The molecule has 0 saturated carbocycles. The number of piperazine rings is 1. The van der Waals surface area contributed by atoms with Crippen LogP contribution in [0.5, 0.6) is 0 Å². The average Bonchev–Trinajstić information content (AvgIpc) is 2.55. The quantitative estimate of drug-likeness (QED) is 0.800. The number of hydrogen-bond donors (Lipinski definition) is 0. The maximum absolute atomic E-state index is 12.6. The van der Waals surface area contributed by atoms with Gasteiger partial charge in [0.1, 0.15) is 5.82 Å². The van der Waals surface area contributed by atoms with Gasteiger partial charge in [-0.05, 0) is 30.3 Å². The van der Waals surface area contributed by atoms with Crippen molar-refractivity contribution in [2.45, 2.75) is 0 Å². The van der Waals surface area contributed by atoms with Crippen LogP contribution >= 0.6 is 27.5 Å². The number of nitrogens with zero attached hydrogens (tertiary/aromatic N) is 3. The van der Waals surface area contributed by atoms with Gasteiger partial charge in [0.05, 0.1) is 10.6 Å². The number of hydrogen-bond acceptors (Lipinski definition) is 3. The monoisotopic (exact) mass is 379 g/mol. The molecule has 6 heteroatoms. The van der Waals surface area contributed by atoms with Gasteiger partial charge in [-0.15, -0.1) is 0 Å². The number of rotatable bonds is 2. The van der Waals surface area contributed by atoms with Crippen LogP contribution in [0.4, 0.5) is 5.82 Å². The fraction of sp³-hybridized carbons (Fsp3) is 0.250. The summed E-state index contributed by atoms with van der Waals surface area (Å²) < 4.78 is 0.869. The van der Waals surface area contributed by atoms with Crippen molar-refractivity contribution in [3.8, 4) is 0 Å². The zero-order chi connectivity index (χ0) is 15.5. The molecule has 1 fully saturated rings. The van der Waals surface area contributed by atoms with Crippen LogP contribution in [0.15, 0.2) is 47.1 Å². The molecule has 1 aromatic carbocycles. The van der Waals surface area contributed by atoms with Crippen LogP contribution in [-0.2, 0) is 0 Å². The molecule has 4 nitrogen and oxygen atoms in total. The highest BCUT2D eigenvalue weighted by Gasteiger charge is 2.24. The molecule has 1 aliphatic rings. The first-order valence-electron chi connectivity index (χ1n) is 7.05. The molecule has 0 N–H and O–H groups in total. The lowest BCUT2D eigenvalue weighted by molar-refractivity contribution is 0.0746. The van der Waals surface area contributed by atoms with Gasteiger partial charge < -0.3 is 9.80 Å². The average molecular weight is 381 g/mol. The second-order valence-corrected chi connectivity index (χ2v) is 6.41.